The smallest absolute Gasteiger partial charge is 0.204 e. The molecule has 0 aliphatic heterocycles. The minimum atomic E-state index is 0.612. The summed E-state index contributed by atoms with van der Waals surface area (Å²) in [6.07, 6.45) is 2.12. The number of hydrogen-bond donors (Lipinski definition) is 1. The van der Waals surface area contributed by atoms with Gasteiger partial charge in [0.2, 0.25) is 5.82 Å². The lowest BCUT2D eigenvalue weighted by atomic mass is 10.0. The third-order valence-corrected chi connectivity index (χ3v) is 5.07. The normalized spacial score (nSPS) is 11.2. The zero-order chi connectivity index (χ0) is 18.9. The highest BCUT2D eigenvalue weighted by molar-refractivity contribution is 5.84. The van der Waals surface area contributed by atoms with E-state index in [4.69, 9.17) is 0 Å². The molecule has 0 unspecified atom stereocenters. The average molecular weight is 365 g/mol. The molecule has 0 atom stereocenters. The molecule has 1 N–H and O–H groups in total. The van der Waals surface area contributed by atoms with Crippen LogP contribution in [-0.4, -0.2) is 25.2 Å². The number of aryl methyl sites for hydroxylation is 1. The molecule has 0 aliphatic rings. The largest absolute Gasteiger partial charge is 0.343 e. The molecule has 2 heterocycles. The summed E-state index contributed by atoms with van der Waals surface area (Å²) in [7, 11) is 0. The van der Waals surface area contributed by atoms with E-state index in [0.717, 1.165) is 12.1 Å². The molecule has 5 rings (SSSR count). The number of nitrogens with zero attached hydrogens (tertiary/aromatic N) is 4. The maximum atomic E-state index is 4.05. The molecule has 2 aromatic heterocycles. The molecule has 5 aromatic rings. The Balaban J connectivity index is 1.40. The first kappa shape index (κ1) is 16.4. The first-order chi connectivity index (χ1) is 13.8. The number of rotatable bonds is 4. The van der Waals surface area contributed by atoms with Gasteiger partial charge in [-0.2, -0.15) is 5.21 Å². The fourth-order valence-electron chi connectivity index (χ4n) is 3.51. The van der Waals surface area contributed by atoms with Crippen LogP contribution in [0.1, 0.15) is 11.1 Å². The van der Waals surface area contributed by atoms with Gasteiger partial charge in [-0.25, -0.2) is 0 Å². The van der Waals surface area contributed by atoms with E-state index in [1.54, 1.807) is 0 Å². The molecule has 5 nitrogen and oxygen atoms in total. The predicted octanol–water partition coefficient (Wildman–Crippen LogP) is 4.85. The number of tetrazole rings is 1. The number of H-pyrrole nitrogens is 1. The molecule has 5 heteroatoms. The topological polar surface area (TPSA) is 59.4 Å². The van der Waals surface area contributed by atoms with Crippen LogP contribution in [0, 0.1) is 6.92 Å². The second-order valence-corrected chi connectivity index (χ2v) is 7.02. The number of hydrogen-bond acceptors (Lipinski definition) is 3. The molecule has 0 fully saturated rings. The molecule has 0 radical (unpaired) electrons. The van der Waals surface area contributed by atoms with E-state index < -0.39 is 0 Å². The Morgan fingerprint density at radius 3 is 2.25 bits per heavy atom. The van der Waals surface area contributed by atoms with Crippen LogP contribution in [0.2, 0.25) is 0 Å². The van der Waals surface area contributed by atoms with Crippen molar-refractivity contribution in [3.8, 4) is 22.5 Å². The molecule has 0 saturated heterocycles. The van der Waals surface area contributed by atoms with Crippen molar-refractivity contribution in [1.82, 2.24) is 25.2 Å². The van der Waals surface area contributed by atoms with E-state index in [2.05, 4.69) is 105 Å². The Kier molecular flexibility index (Phi) is 3.98. The Labute approximate surface area is 162 Å². The van der Waals surface area contributed by atoms with E-state index in [1.165, 1.54) is 33.2 Å². The van der Waals surface area contributed by atoms with Gasteiger partial charge < -0.3 is 4.57 Å². The van der Waals surface area contributed by atoms with Gasteiger partial charge in [-0.15, -0.1) is 10.2 Å². The molecule has 0 bridgehead atoms. The molecule has 28 heavy (non-hydrogen) atoms. The number of fused-ring (bicyclic) bond motifs is 1. The minimum Gasteiger partial charge on any atom is -0.343 e. The van der Waals surface area contributed by atoms with Crippen LogP contribution in [0.4, 0.5) is 0 Å². The second kappa shape index (κ2) is 6.78. The molecule has 3 aromatic carbocycles. The minimum absolute atomic E-state index is 0.612. The fraction of sp³-hybridized carbons (Fsp3) is 0.0870. The van der Waals surface area contributed by atoms with Crippen molar-refractivity contribution in [3.05, 3.63) is 90.1 Å². The third-order valence-electron chi connectivity index (χ3n) is 5.07. The van der Waals surface area contributed by atoms with Crippen LogP contribution in [0.5, 0.6) is 0 Å². The summed E-state index contributed by atoms with van der Waals surface area (Å²) in [5.41, 5.74) is 7.19. The van der Waals surface area contributed by atoms with E-state index in [-0.39, 0.29) is 0 Å². The number of benzene rings is 3. The van der Waals surface area contributed by atoms with Gasteiger partial charge in [0.05, 0.1) is 0 Å². The Hall–Kier alpha value is -3.73. The molecule has 136 valence electrons. The Bertz CT molecular complexity index is 1220. The van der Waals surface area contributed by atoms with E-state index in [1.807, 2.05) is 6.07 Å². The maximum absolute atomic E-state index is 4.05. The summed E-state index contributed by atoms with van der Waals surface area (Å²) >= 11 is 0. The highest BCUT2D eigenvalue weighted by atomic mass is 15.5. The molecule has 0 aliphatic carbocycles. The van der Waals surface area contributed by atoms with Crippen LogP contribution >= 0.6 is 0 Å². The van der Waals surface area contributed by atoms with Crippen molar-refractivity contribution >= 4 is 10.9 Å². The maximum Gasteiger partial charge on any atom is 0.204 e. The van der Waals surface area contributed by atoms with Crippen molar-refractivity contribution in [2.24, 2.45) is 0 Å². The summed E-state index contributed by atoms with van der Waals surface area (Å²) in [4.78, 5) is 0. The van der Waals surface area contributed by atoms with Crippen molar-refractivity contribution in [2.75, 3.05) is 0 Å². The molecular formula is C23H19N5. The van der Waals surface area contributed by atoms with Crippen LogP contribution in [0.3, 0.4) is 0 Å². The van der Waals surface area contributed by atoms with E-state index in [9.17, 15) is 0 Å². The highest BCUT2D eigenvalue weighted by Crippen LogP contribution is 2.24. The zero-order valence-corrected chi connectivity index (χ0v) is 15.5. The second-order valence-electron chi connectivity index (χ2n) is 7.02. The highest BCUT2D eigenvalue weighted by Gasteiger charge is 2.07. The number of nitrogens with one attached hydrogen (secondary N) is 1. The van der Waals surface area contributed by atoms with Crippen LogP contribution in [0.25, 0.3) is 33.4 Å². The van der Waals surface area contributed by atoms with E-state index in [0.29, 0.717) is 5.82 Å². The molecule has 0 spiro atoms. The summed E-state index contributed by atoms with van der Waals surface area (Å²) in [6, 6.07) is 25.8. The standard InChI is InChI=1S/C23H19N5/c1-16-2-6-18(7-3-16)19-8-4-17(5-9-19)15-28-13-12-20-14-21(10-11-22(20)28)23-24-26-27-25-23/h2-14H,15H2,1H3,(H,24,25,26,27). The predicted molar refractivity (Wildman–Crippen MR) is 111 cm³/mol. The van der Waals surface area contributed by atoms with Crippen molar-refractivity contribution < 1.29 is 0 Å². The van der Waals surface area contributed by atoms with Gasteiger partial charge in [0.25, 0.3) is 0 Å². The zero-order valence-electron chi connectivity index (χ0n) is 15.5. The number of aromatic nitrogens is 5. The molecule has 0 saturated carbocycles. The van der Waals surface area contributed by atoms with Gasteiger partial charge in [0.1, 0.15) is 0 Å². The van der Waals surface area contributed by atoms with Crippen molar-refractivity contribution in [2.45, 2.75) is 13.5 Å². The van der Waals surface area contributed by atoms with E-state index >= 15 is 0 Å². The van der Waals surface area contributed by atoms with Gasteiger partial charge in [-0.3, -0.25) is 0 Å². The molecule has 0 amide bonds. The lowest BCUT2D eigenvalue weighted by molar-refractivity contribution is 0.837. The summed E-state index contributed by atoms with van der Waals surface area (Å²) < 4.78 is 2.26. The third kappa shape index (κ3) is 3.07. The van der Waals surface area contributed by atoms with Crippen molar-refractivity contribution in [3.63, 3.8) is 0 Å². The number of aromatic amines is 1. The molecular weight excluding hydrogens is 346 g/mol. The van der Waals surface area contributed by atoms with Crippen molar-refractivity contribution in [1.29, 1.82) is 0 Å². The Morgan fingerprint density at radius 2 is 1.54 bits per heavy atom. The lowest BCUT2D eigenvalue weighted by Gasteiger charge is -2.08. The van der Waals surface area contributed by atoms with Gasteiger partial charge in [0.15, 0.2) is 0 Å². The summed E-state index contributed by atoms with van der Waals surface area (Å²) in [5.74, 6) is 0.612. The fourth-order valence-corrected chi connectivity index (χ4v) is 3.51. The van der Waals surface area contributed by atoms with Gasteiger partial charge >= 0.3 is 0 Å². The van der Waals surface area contributed by atoms with Gasteiger partial charge in [0, 0.05) is 29.2 Å². The van der Waals surface area contributed by atoms with Crippen LogP contribution in [0.15, 0.2) is 79.0 Å². The first-order valence-corrected chi connectivity index (χ1v) is 9.25. The average Bonchev–Trinajstić information content (AvgIpc) is 3.39. The SMILES string of the molecule is Cc1ccc(-c2ccc(Cn3ccc4cc(-c5nn[nH]n5)ccc43)cc2)cc1. The summed E-state index contributed by atoms with van der Waals surface area (Å²) in [6.45, 7) is 2.94. The Morgan fingerprint density at radius 1 is 0.821 bits per heavy atom. The summed E-state index contributed by atoms with van der Waals surface area (Å²) in [5, 5.41) is 15.4. The lowest BCUT2D eigenvalue weighted by Crippen LogP contribution is -1.97. The monoisotopic (exact) mass is 365 g/mol. The van der Waals surface area contributed by atoms with Crippen LogP contribution in [-0.2, 0) is 6.54 Å². The van der Waals surface area contributed by atoms with Gasteiger partial charge in [-0.05, 0) is 53.1 Å². The first-order valence-electron chi connectivity index (χ1n) is 9.25. The van der Waals surface area contributed by atoms with Crippen LogP contribution < -0.4 is 0 Å². The van der Waals surface area contributed by atoms with Gasteiger partial charge in [-0.1, -0.05) is 54.1 Å². The quantitative estimate of drug-likeness (QED) is 0.495.